The van der Waals surface area contributed by atoms with E-state index in [1.807, 2.05) is 0 Å². The van der Waals surface area contributed by atoms with Crippen molar-refractivity contribution >= 4 is 27.7 Å². The Labute approximate surface area is 165 Å². The SMILES string of the molecule is C=Cc1cnc(Nc2ccc(S(=O)(=O)N3CCN(CCOC)CC3)cc2)nc1. The summed E-state index contributed by atoms with van der Waals surface area (Å²) in [5.41, 5.74) is 1.55. The van der Waals surface area contributed by atoms with Crippen LogP contribution in [0.5, 0.6) is 0 Å². The normalized spacial score (nSPS) is 16.0. The molecule has 1 N–H and O–H groups in total. The highest BCUT2D eigenvalue weighted by Crippen LogP contribution is 2.21. The number of sulfonamides is 1. The van der Waals surface area contributed by atoms with Crippen LogP contribution >= 0.6 is 0 Å². The van der Waals surface area contributed by atoms with Crippen molar-refractivity contribution in [2.45, 2.75) is 4.90 Å². The van der Waals surface area contributed by atoms with Crippen LogP contribution in [0.2, 0.25) is 0 Å². The van der Waals surface area contributed by atoms with Crippen molar-refractivity contribution in [3.63, 3.8) is 0 Å². The van der Waals surface area contributed by atoms with Crippen LogP contribution in [0.1, 0.15) is 5.56 Å². The number of rotatable bonds is 8. The van der Waals surface area contributed by atoms with E-state index in [1.165, 1.54) is 4.31 Å². The Balaban J connectivity index is 1.62. The first-order valence-electron chi connectivity index (χ1n) is 9.06. The standard InChI is InChI=1S/C19H25N5O3S/c1-3-16-14-20-19(21-15-16)22-17-4-6-18(7-5-17)28(25,26)24-10-8-23(9-11-24)12-13-27-2/h3-7,14-15H,1,8-13H2,2H3,(H,20,21,22). The van der Waals surface area contributed by atoms with Gasteiger partial charge in [0.2, 0.25) is 16.0 Å². The van der Waals surface area contributed by atoms with Gasteiger partial charge >= 0.3 is 0 Å². The van der Waals surface area contributed by atoms with E-state index in [0.29, 0.717) is 38.7 Å². The molecule has 8 nitrogen and oxygen atoms in total. The molecule has 0 unspecified atom stereocenters. The lowest BCUT2D eigenvalue weighted by atomic mass is 10.3. The van der Waals surface area contributed by atoms with Crippen molar-refractivity contribution in [2.24, 2.45) is 0 Å². The van der Waals surface area contributed by atoms with Crippen molar-refractivity contribution in [3.05, 3.63) is 48.8 Å². The Morgan fingerprint density at radius 1 is 1.14 bits per heavy atom. The highest BCUT2D eigenvalue weighted by atomic mass is 32.2. The number of hydrogen-bond acceptors (Lipinski definition) is 7. The number of nitrogens with one attached hydrogen (secondary N) is 1. The molecule has 9 heteroatoms. The largest absolute Gasteiger partial charge is 0.383 e. The molecule has 1 aromatic carbocycles. The fourth-order valence-electron chi connectivity index (χ4n) is 2.91. The summed E-state index contributed by atoms with van der Waals surface area (Å²) >= 11 is 0. The lowest BCUT2D eigenvalue weighted by Crippen LogP contribution is -2.49. The van der Waals surface area contributed by atoms with E-state index < -0.39 is 10.0 Å². The van der Waals surface area contributed by atoms with Gasteiger partial charge in [0.05, 0.1) is 11.5 Å². The van der Waals surface area contributed by atoms with Gasteiger partial charge in [-0.15, -0.1) is 0 Å². The molecule has 0 radical (unpaired) electrons. The lowest BCUT2D eigenvalue weighted by Gasteiger charge is -2.33. The molecule has 0 amide bonds. The van der Waals surface area contributed by atoms with Gasteiger partial charge in [0, 0.05) is 63.5 Å². The molecule has 1 aliphatic rings. The zero-order valence-electron chi connectivity index (χ0n) is 15.9. The third kappa shape index (κ3) is 4.93. The molecule has 0 atom stereocenters. The molecule has 150 valence electrons. The number of piperazine rings is 1. The molecule has 1 aromatic heterocycles. The quantitative estimate of drug-likeness (QED) is 0.719. The van der Waals surface area contributed by atoms with Crippen molar-refractivity contribution in [2.75, 3.05) is 51.8 Å². The lowest BCUT2D eigenvalue weighted by molar-refractivity contribution is 0.123. The molecular weight excluding hydrogens is 378 g/mol. The van der Waals surface area contributed by atoms with Crippen molar-refractivity contribution in [3.8, 4) is 0 Å². The van der Waals surface area contributed by atoms with E-state index >= 15 is 0 Å². The minimum absolute atomic E-state index is 0.284. The highest BCUT2D eigenvalue weighted by Gasteiger charge is 2.28. The van der Waals surface area contributed by atoms with Crippen LogP contribution in [0.15, 0.2) is 48.1 Å². The highest BCUT2D eigenvalue weighted by molar-refractivity contribution is 7.89. The molecule has 0 bridgehead atoms. The second-order valence-corrected chi connectivity index (χ2v) is 8.37. The van der Waals surface area contributed by atoms with Crippen LogP contribution < -0.4 is 5.32 Å². The Morgan fingerprint density at radius 2 is 1.79 bits per heavy atom. The van der Waals surface area contributed by atoms with Gasteiger partial charge in [0.15, 0.2) is 0 Å². The fraction of sp³-hybridized carbons (Fsp3) is 0.368. The van der Waals surface area contributed by atoms with Gasteiger partial charge in [-0.2, -0.15) is 4.31 Å². The number of nitrogens with zero attached hydrogens (tertiary/aromatic N) is 4. The minimum atomic E-state index is -3.50. The summed E-state index contributed by atoms with van der Waals surface area (Å²) in [5.74, 6) is 0.438. The summed E-state index contributed by atoms with van der Waals surface area (Å²) in [5, 5.41) is 3.06. The minimum Gasteiger partial charge on any atom is -0.383 e. The van der Waals surface area contributed by atoms with E-state index in [4.69, 9.17) is 4.74 Å². The van der Waals surface area contributed by atoms with Gasteiger partial charge in [-0.3, -0.25) is 4.90 Å². The number of anilines is 2. The first-order chi connectivity index (χ1) is 13.5. The third-order valence-electron chi connectivity index (χ3n) is 4.60. The zero-order valence-corrected chi connectivity index (χ0v) is 16.7. The molecule has 1 aliphatic heterocycles. The van der Waals surface area contributed by atoms with Gasteiger partial charge < -0.3 is 10.1 Å². The molecule has 2 heterocycles. The van der Waals surface area contributed by atoms with E-state index in [2.05, 4.69) is 26.8 Å². The summed E-state index contributed by atoms with van der Waals surface area (Å²) in [6.07, 6.45) is 4.99. The van der Waals surface area contributed by atoms with Gasteiger partial charge in [-0.25, -0.2) is 18.4 Å². The molecule has 0 saturated carbocycles. The number of ether oxygens (including phenoxy) is 1. The molecule has 1 saturated heterocycles. The van der Waals surface area contributed by atoms with E-state index in [1.54, 1.807) is 49.8 Å². The molecular formula is C19H25N5O3S. The fourth-order valence-corrected chi connectivity index (χ4v) is 4.33. The molecule has 28 heavy (non-hydrogen) atoms. The zero-order chi connectivity index (χ0) is 20.0. The molecule has 0 spiro atoms. The third-order valence-corrected chi connectivity index (χ3v) is 6.51. The average molecular weight is 404 g/mol. The average Bonchev–Trinajstić information content (AvgIpc) is 2.73. The Kier molecular flexibility index (Phi) is 6.74. The summed E-state index contributed by atoms with van der Waals surface area (Å²) in [7, 11) is -1.83. The maximum absolute atomic E-state index is 12.9. The smallest absolute Gasteiger partial charge is 0.243 e. The Bertz CT molecular complexity index is 877. The second-order valence-electron chi connectivity index (χ2n) is 6.43. The van der Waals surface area contributed by atoms with Gasteiger partial charge in [-0.05, 0) is 24.3 Å². The molecule has 3 rings (SSSR count). The number of hydrogen-bond donors (Lipinski definition) is 1. The first-order valence-corrected chi connectivity index (χ1v) is 10.5. The van der Waals surface area contributed by atoms with Crippen LogP contribution in [0.3, 0.4) is 0 Å². The molecule has 1 fully saturated rings. The monoisotopic (exact) mass is 403 g/mol. The Hall–Kier alpha value is -2.33. The van der Waals surface area contributed by atoms with Crippen molar-refractivity contribution in [1.29, 1.82) is 0 Å². The van der Waals surface area contributed by atoms with Crippen molar-refractivity contribution in [1.82, 2.24) is 19.2 Å². The van der Waals surface area contributed by atoms with Crippen molar-refractivity contribution < 1.29 is 13.2 Å². The van der Waals surface area contributed by atoms with Crippen LogP contribution in [-0.2, 0) is 14.8 Å². The maximum atomic E-state index is 12.9. The molecule has 0 aliphatic carbocycles. The maximum Gasteiger partial charge on any atom is 0.243 e. The van der Waals surface area contributed by atoms with Gasteiger partial charge in [0.1, 0.15) is 0 Å². The topological polar surface area (TPSA) is 87.7 Å². The summed E-state index contributed by atoms with van der Waals surface area (Å²) in [6.45, 7) is 7.52. The van der Waals surface area contributed by atoms with Crippen LogP contribution in [-0.4, -0.2) is 74.0 Å². The number of benzene rings is 1. The van der Waals surface area contributed by atoms with E-state index in [0.717, 1.165) is 17.8 Å². The summed E-state index contributed by atoms with van der Waals surface area (Å²) in [6, 6.07) is 6.64. The van der Waals surface area contributed by atoms with Gasteiger partial charge in [0.25, 0.3) is 0 Å². The summed E-state index contributed by atoms with van der Waals surface area (Å²) < 4.78 is 32.4. The van der Waals surface area contributed by atoms with E-state index in [9.17, 15) is 8.42 Å². The summed E-state index contributed by atoms with van der Waals surface area (Å²) in [4.78, 5) is 10.9. The number of aromatic nitrogens is 2. The predicted molar refractivity (Wildman–Crippen MR) is 109 cm³/mol. The van der Waals surface area contributed by atoms with E-state index in [-0.39, 0.29) is 4.90 Å². The second kappa shape index (κ2) is 9.24. The van der Waals surface area contributed by atoms with Crippen LogP contribution in [0.25, 0.3) is 6.08 Å². The first kappa shape index (κ1) is 20.4. The number of methoxy groups -OCH3 is 1. The van der Waals surface area contributed by atoms with Crippen LogP contribution in [0, 0.1) is 0 Å². The van der Waals surface area contributed by atoms with Gasteiger partial charge in [-0.1, -0.05) is 12.7 Å². The Morgan fingerprint density at radius 3 is 2.36 bits per heavy atom. The molecule has 2 aromatic rings. The van der Waals surface area contributed by atoms with Crippen LogP contribution in [0.4, 0.5) is 11.6 Å². The predicted octanol–water partition coefficient (Wildman–Crippen LogP) is 1.82.